The van der Waals surface area contributed by atoms with Crippen LogP contribution in [0, 0.1) is 16.0 Å². The molecule has 1 aromatic rings. The molecule has 1 aliphatic rings. The molecule has 0 spiro atoms. The molecule has 1 aliphatic heterocycles. The van der Waals surface area contributed by atoms with E-state index in [9.17, 15) is 20.0 Å². The number of carboxylic acid groups (broad SMARTS) is 1. The molecule has 2 rings (SSSR count). The van der Waals surface area contributed by atoms with Crippen molar-refractivity contribution in [3.63, 3.8) is 0 Å². The van der Waals surface area contributed by atoms with Crippen LogP contribution in [0.1, 0.15) is 38.3 Å². The molecule has 1 saturated heterocycles. The van der Waals surface area contributed by atoms with Crippen LogP contribution in [0.4, 0.5) is 5.69 Å². The van der Waals surface area contributed by atoms with Crippen LogP contribution in [0.15, 0.2) is 24.3 Å². The van der Waals surface area contributed by atoms with Crippen LogP contribution in [-0.4, -0.2) is 33.5 Å². The van der Waals surface area contributed by atoms with Gasteiger partial charge in [0.25, 0.3) is 5.69 Å². The first-order valence-electron chi connectivity index (χ1n) is 7.18. The minimum atomic E-state index is -0.765. The van der Waals surface area contributed by atoms with E-state index in [1.54, 1.807) is 12.1 Å². The van der Waals surface area contributed by atoms with Gasteiger partial charge in [-0.25, -0.2) is 0 Å². The van der Waals surface area contributed by atoms with Crippen molar-refractivity contribution in [3.8, 4) is 0 Å². The summed E-state index contributed by atoms with van der Waals surface area (Å²) >= 11 is 0. The lowest BCUT2D eigenvalue weighted by Gasteiger charge is -2.32. The lowest BCUT2D eigenvalue weighted by atomic mass is 9.98. The molecule has 0 bridgehead atoms. The molecule has 6 nitrogen and oxygen atoms in total. The van der Waals surface area contributed by atoms with Gasteiger partial charge in [0.15, 0.2) is 0 Å². The largest absolute Gasteiger partial charge is 0.481 e. The Kier molecular flexibility index (Phi) is 4.57. The summed E-state index contributed by atoms with van der Waals surface area (Å²) in [5.41, 5.74) is 0.956. The van der Waals surface area contributed by atoms with Crippen molar-refractivity contribution in [3.05, 3.63) is 39.9 Å². The highest BCUT2D eigenvalue weighted by Gasteiger charge is 2.38. The van der Waals surface area contributed by atoms with Gasteiger partial charge >= 0.3 is 5.97 Å². The molecular weight excluding hydrogens is 272 g/mol. The molecule has 21 heavy (non-hydrogen) atoms. The monoisotopic (exact) mass is 292 g/mol. The number of benzene rings is 1. The number of hydrogen-bond donors (Lipinski definition) is 1. The Balaban J connectivity index is 2.26. The first-order chi connectivity index (χ1) is 9.95. The zero-order valence-electron chi connectivity index (χ0n) is 12.2. The summed E-state index contributed by atoms with van der Waals surface area (Å²) < 4.78 is 0. The maximum absolute atomic E-state index is 11.2. The van der Waals surface area contributed by atoms with Gasteiger partial charge in [-0.15, -0.1) is 0 Å². The van der Waals surface area contributed by atoms with Crippen LogP contribution >= 0.6 is 0 Å². The van der Waals surface area contributed by atoms with Gasteiger partial charge < -0.3 is 5.11 Å². The Hall–Kier alpha value is -1.95. The highest BCUT2D eigenvalue weighted by atomic mass is 16.6. The van der Waals surface area contributed by atoms with Gasteiger partial charge in [-0.3, -0.25) is 19.8 Å². The summed E-state index contributed by atoms with van der Waals surface area (Å²) in [5, 5.41) is 20.1. The van der Waals surface area contributed by atoms with E-state index < -0.39 is 10.9 Å². The van der Waals surface area contributed by atoms with Crippen molar-refractivity contribution in [2.75, 3.05) is 6.54 Å². The topological polar surface area (TPSA) is 83.7 Å². The summed E-state index contributed by atoms with van der Waals surface area (Å²) in [6, 6.07) is 6.59. The summed E-state index contributed by atoms with van der Waals surface area (Å²) in [4.78, 5) is 23.9. The van der Waals surface area contributed by atoms with Crippen molar-refractivity contribution in [2.24, 2.45) is 5.92 Å². The Morgan fingerprint density at radius 3 is 2.81 bits per heavy atom. The summed E-state index contributed by atoms with van der Waals surface area (Å²) in [7, 11) is 0. The van der Waals surface area contributed by atoms with Crippen LogP contribution in [0.3, 0.4) is 0 Å². The lowest BCUT2D eigenvalue weighted by Crippen LogP contribution is -2.35. The van der Waals surface area contributed by atoms with Gasteiger partial charge in [0.2, 0.25) is 0 Å². The average molecular weight is 292 g/mol. The molecule has 6 heteroatoms. The third-order valence-electron chi connectivity index (χ3n) is 4.37. The van der Waals surface area contributed by atoms with E-state index in [1.165, 1.54) is 6.07 Å². The number of nitro benzene ring substituents is 1. The lowest BCUT2D eigenvalue weighted by molar-refractivity contribution is -0.385. The van der Waals surface area contributed by atoms with Crippen LogP contribution in [0.25, 0.3) is 0 Å². The summed E-state index contributed by atoms with van der Waals surface area (Å²) in [6.45, 7) is 4.65. The Morgan fingerprint density at radius 1 is 1.57 bits per heavy atom. The maximum atomic E-state index is 11.2. The molecule has 0 amide bonds. The molecule has 1 heterocycles. The molecule has 1 N–H and O–H groups in total. The standard InChI is InChI=1S/C15H20N2O4/c1-3-14(11-5-4-6-12(9-11)17(20)21)16-8-7-13(10(16)2)15(18)19/h4-6,9-10,13-14H,3,7-8H2,1-2H3,(H,18,19). The number of rotatable bonds is 5. The smallest absolute Gasteiger partial charge is 0.308 e. The van der Waals surface area contributed by atoms with E-state index in [4.69, 9.17) is 0 Å². The predicted octanol–water partition coefficient (Wildman–Crippen LogP) is 2.84. The molecule has 114 valence electrons. The van der Waals surface area contributed by atoms with Crippen molar-refractivity contribution in [1.29, 1.82) is 0 Å². The fraction of sp³-hybridized carbons (Fsp3) is 0.533. The zero-order valence-corrected chi connectivity index (χ0v) is 12.2. The summed E-state index contributed by atoms with van der Waals surface area (Å²) in [6.07, 6.45) is 1.42. The zero-order chi connectivity index (χ0) is 15.6. The second kappa shape index (κ2) is 6.22. The number of non-ortho nitro benzene ring substituents is 1. The molecule has 0 aliphatic carbocycles. The van der Waals surface area contributed by atoms with Gasteiger partial charge in [-0.2, -0.15) is 0 Å². The maximum Gasteiger partial charge on any atom is 0.308 e. The van der Waals surface area contributed by atoms with Crippen LogP contribution in [0.2, 0.25) is 0 Å². The van der Waals surface area contributed by atoms with E-state index in [1.807, 2.05) is 19.9 Å². The number of likely N-dealkylation sites (tertiary alicyclic amines) is 1. The highest BCUT2D eigenvalue weighted by molar-refractivity contribution is 5.71. The number of aliphatic carboxylic acids is 1. The van der Waals surface area contributed by atoms with Crippen molar-refractivity contribution in [2.45, 2.75) is 38.8 Å². The molecular formula is C15H20N2O4. The third kappa shape index (κ3) is 3.05. The average Bonchev–Trinajstić information content (AvgIpc) is 2.82. The van der Waals surface area contributed by atoms with Gasteiger partial charge in [0.1, 0.15) is 0 Å². The van der Waals surface area contributed by atoms with E-state index >= 15 is 0 Å². The van der Waals surface area contributed by atoms with E-state index in [2.05, 4.69) is 4.90 Å². The molecule has 3 unspecified atom stereocenters. The Morgan fingerprint density at radius 2 is 2.29 bits per heavy atom. The second-order valence-corrected chi connectivity index (χ2v) is 5.49. The van der Waals surface area contributed by atoms with Gasteiger partial charge in [0, 0.05) is 24.2 Å². The molecule has 1 aromatic carbocycles. The minimum Gasteiger partial charge on any atom is -0.481 e. The van der Waals surface area contributed by atoms with Crippen LogP contribution in [0.5, 0.6) is 0 Å². The molecule has 0 aromatic heterocycles. The first kappa shape index (κ1) is 15.4. The number of nitrogens with zero attached hydrogens (tertiary/aromatic N) is 2. The number of carbonyl (C=O) groups is 1. The fourth-order valence-corrected chi connectivity index (χ4v) is 3.24. The number of carboxylic acids is 1. The molecule has 0 radical (unpaired) electrons. The SMILES string of the molecule is CCC(c1cccc([N+](=O)[O-])c1)N1CCC(C(=O)O)C1C. The van der Waals surface area contributed by atoms with Crippen molar-refractivity contribution in [1.82, 2.24) is 4.90 Å². The third-order valence-corrected chi connectivity index (χ3v) is 4.37. The summed E-state index contributed by atoms with van der Waals surface area (Å²) in [5.74, 6) is -1.13. The van der Waals surface area contributed by atoms with Gasteiger partial charge in [-0.05, 0) is 31.9 Å². The van der Waals surface area contributed by atoms with Crippen LogP contribution in [-0.2, 0) is 4.79 Å². The highest BCUT2D eigenvalue weighted by Crippen LogP contribution is 2.35. The molecule has 1 fully saturated rings. The molecule has 0 saturated carbocycles. The van der Waals surface area contributed by atoms with E-state index in [0.29, 0.717) is 13.0 Å². The first-order valence-corrected chi connectivity index (χ1v) is 7.18. The predicted molar refractivity (Wildman–Crippen MR) is 78.0 cm³/mol. The van der Waals surface area contributed by atoms with Crippen LogP contribution < -0.4 is 0 Å². The minimum absolute atomic E-state index is 0.0178. The van der Waals surface area contributed by atoms with Crippen molar-refractivity contribution >= 4 is 11.7 Å². The van der Waals surface area contributed by atoms with Crippen molar-refractivity contribution < 1.29 is 14.8 Å². The Bertz CT molecular complexity index is 546. The fourth-order valence-electron chi connectivity index (χ4n) is 3.24. The number of hydrogen-bond acceptors (Lipinski definition) is 4. The van der Waals surface area contributed by atoms with Gasteiger partial charge in [0.05, 0.1) is 10.8 Å². The quantitative estimate of drug-likeness (QED) is 0.666. The van der Waals surface area contributed by atoms with E-state index in [0.717, 1.165) is 12.0 Å². The normalized spacial score (nSPS) is 23.9. The Labute approximate surface area is 123 Å². The molecule has 3 atom stereocenters. The van der Waals surface area contributed by atoms with E-state index in [-0.39, 0.29) is 23.7 Å². The van der Waals surface area contributed by atoms with Gasteiger partial charge in [-0.1, -0.05) is 19.1 Å². The number of nitro groups is 1. The second-order valence-electron chi connectivity index (χ2n) is 5.49.